The number of hydrogen-bond acceptors (Lipinski definition) is 38. The summed E-state index contributed by atoms with van der Waals surface area (Å²) in [6, 6.07) is 0. The van der Waals surface area contributed by atoms with E-state index in [1.54, 1.807) is 0 Å². The average molecular weight is 1630 g/mol. The van der Waals surface area contributed by atoms with Crippen molar-refractivity contribution in [2.75, 3.05) is 39.6 Å². The summed E-state index contributed by atoms with van der Waals surface area (Å²) >= 11 is 0. The van der Waals surface area contributed by atoms with Crippen molar-refractivity contribution in [3.8, 4) is 0 Å². The molecule has 13 aliphatic rings. The van der Waals surface area contributed by atoms with Crippen molar-refractivity contribution in [3.05, 3.63) is 11.6 Å². The molecule has 13 rings (SSSR count). The Morgan fingerprint density at radius 2 is 0.929 bits per heavy atom. The van der Waals surface area contributed by atoms with E-state index in [4.69, 9.17) is 75.8 Å². The van der Waals surface area contributed by atoms with Gasteiger partial charge in [0.05, 0.1) is 63.4 Å². The lowest BCUT2D eigenvalue weighted by Crippen LogP contribution is -2.66. The van der Waals surface area contributed by atoms with E-state index in [1.165, 1.54) is 19.4 Å². The second-order valence-electron chi connectivity index (χ2n) is 36.2. The number of ether oxygens (including phenoxy) is 16. The SMILES string of the molecule is CC1OC(OC2C(OC3C(CO)OC(OC4COC(OC5C(O)C(C)OC(OC6C(OC7CCC8(C)C(CCC9(C)C8CC=C8C%10CC(C)(C)CCC%10(C(=O)OC%10OC(COC%11OC(CO)C(O)C(O)C%11O)C(O)C(O)C%10O)CCC89C)C7(C)C)OCC(O)C6O)C5O)C(O)C4O)C(O)C3O)OCC(O)C2O)C(O)C(O)C1O. The van der Waals surface area contributed by atoms with E-state index in [-0.39, 0.29) is 40.6 Å². The van der Waals surface area contributed by atoms with Gasteiger partial charge in [-0.1, -0.05) is 60.1 Å². The zero-order valence-corrected chi connectivity index (χ0v) is 64.9. The van der Waals surface area contributed by atoms with Gasteiger partial charge in [0.2, 0.25) is 6.29 Å². The highest BCUT2D eigenvalue weighted by Gasteiger charge is 2.71. The second-order valence-corrected chi connectivity index (χ2v) is 36.2. The molecule has 650 valence electrons. The molecular formula is C75H122O38. The third-order valence-corrected chi connectivity index (χ3v) is 28.6. The Bertz CT molecular complexity index is 3230. The normalized spacial score (nSPS) is 54.7. The van der Waals surface area contributed by atoms with Crippen molar-refractivity contribution in [2.24, 2.45) is 50.2 Å². The van der Waals surface area contributed by atoms with Gasteiger partial charge in [-0.25, -0.2) is 0 Å². The minimum atomic E-state index is -2.05. The van der Waals surface area contributed by atoms with Crippen LogP contribution < -0.4 is 0 Å². The predicted molar refractivity (Wildman–Crippen MR) is 372 cm³/mol. The Hall–Kier alpha value is -2.23. The molecule has 12 fully saturated rings. The van der Waals surface area contributed by atoms with Crippen LogP contribution in [-0.2, 0) is 80.6 Å². The smallest absolute Gasteiger partial charge is 0.315 e. The highest BCUT2D eigenvalue weighted by Crippen LogP contribution is 2.76. The molecular weight excluding hydrogens is 1510 g/mol. The molecule has 45 atom stereocenters. The van der Waals surface area contributed by atoms with E-state index in [2.05, 4.69) is 54.5 Å². The first-order valence-corrected chi connectivity index (χ1v) is 39.8. The van der Waals surface area contributed by atoms with Gasteiger partial charge in [-0.2, -0.15) is 0 Å². The number of rotatable bonds is 19. The van der Waals surface area contributed by atoms with Crippen LogP contribution in [0.3, 0.4) is 0 Å². The molecule has 0 aromatic rings. The monoisotopic (exact) mass is 1630 g/mol. The lowest BCUT2D eigenvalue weighted by atomic mass is 9.33. The summed E-state index contributed by atoms with van der Waals surface area (Å²) < 4.78 is 95.0. The van der Waals surface area contributed by atoms with Gasteiger partial charge in [0, 0.05) is 0 Å². The van der Waals surface area contributed by atoms with Crippen molar-refractivity contribution in [2.45, 2.75) is 360 Å². The van der Waals surface area contributed by atoms with Gasteiger partial charge in [0.25, 0.3) is 0 Å². The molecule has 0 radical (unpaired) electrons. The Morgan fingerprint density at radius 1 is 0.425 bits per heavy atom. The Balaban J connectivity index is 0.637. The minimum Gasteiger partial charge on any atom is -0.432 e. The van der Waals surface area contributed by atoms with Crippen LogP contribution in [0.4, 0.5) is 0 Å². The minimum absolute atomic E-state index is 0.0552. The molecule has 0 bridgehead atoms. The third kappa shape index (κ3) is 15.9. The summed E-state index contributed by atoms with van der Waals surface area (Å²) in [5.41, 5.74) is -1.61. The maximum absolute atomic E-state index is 15.3. The van der Waals surface area contributed by atoms with Crippen LogP contribution in [-0.4, -0.2) is 386 Å². The largest absolute Gasteiger partial charge is 0.432 e. The zero-order chi connectivity index (χ0) is 82.2. The molecule has 38 heteroatoms. The van der Waals surface area contributed by atoms with Crippen LogP contribution in [0, 0.1) is 50.2 Å². The molecule has 38 nitrogen and oxygen atoms in total. The van der Waals surface area contributed by atoms with Gasteiger partial charge in [0.1, 0.15) is 165 Å². The standard InChI is InChI=1S/C75H122O38/c1-27-40(80)47(87)53(93)63(102-27)111-60-43(83)32(79)24-99-68(60)109-57-34(22-77)105-64(55(95)50(57)90)106-36-26-101-62(51(91)46(36)86)110-58-41(81)28(2)103-66(56(58)96)112-59-42(82)31(78)23-98-67(59)108-39-13-14-72(7)37(71(39,5)6)12-15-74(9)38(72)11-10-29-30-20-70(3,4)16-18-75(30,19-17-73(29,74)8)69(97)113-65-54(94)49(89)45(85)35(107-65)25-100-61-52(92)48(88)44(84)33(21-76)104-61/h10,27-28,30-68,76-96H,11-26H2,1-9H3. The van der Waals surface area contributed by atoms with Gasteiger partial charge in [0.15, 0.2) is 44.0 Å². The highest BCUT2D eigenvalue weighted by atomic mass is 16.8. The van der Waals surface area contributed by atoms with Crippen LogP contribution in [0.25, 0.3) is 0 Å². The summed E-state index contributed by atoms with van der Waals surface area (Å²) in [5, 5.41) is 230. The van der Waals surface area contributed by atoms with Gasteiger partial charge < -0.3 is 183 Å². The van der Waals surface area contributed by atoms with Crippen LogP contribution in [0.1, 0.15) is 127 Å². The van der Waals surface area contributed by atoms with Crippen molar-refractivity contribution in [1.29, 1.82) is 0 Å². The Kier molecular flexibility index (Phi) is 26.6. The first kappa shape index (κ1) is 88.6. The van der Waals surface area contributed by atoms with E-state index in [0.29, 0.717) is 51.4 Å². The number of aliphatic hydroxyl groups excluding tert-OH is 21. The molecule has 8 aliphatic heterocycles. The quantitative estimate of drug-likeness (QED) is 0.0325. The van der Waals surface area contributed by atoms with Crippen molar-refractivity contribution in [1.82, 2.24) is 0 Å². The Morgan fingerprint density at radius 3 is 1.57 bits per heavy atom. The third-order valence-electron chi connectivity index (χ3n) is 28.6. The number of esters is 1. The predicted octanol–water partition coefficient (Wildman–Crippen LogP) is -6.77. The van der Waals surface area contributed by atoms with Gasteiger partial charge in [-0.15, -0.1) is 0 Å². The van der Waals surface area contributed by atoms with Gasteiger partial charge >= 0.3 is 5.97 Å². The summed E-state index contributed by atoms with van der Waals surface area (Å²) in [4.78, 5) is 15.3. The zero-order valence-electron chi connectivity index (χ0n) is 64.9. The lowest BCUT2D eigenvalue weighted by Gasteiger charge is -2.71. The summed E-state index contributed by atoms with van der Waals surface area (Å²) in [6.07, 6.45) is -54.3. The molecule has 113 heavy (non-hydrogen) atoms. The van der Waals surface area contributed by atoms with E-state index in [9.17, 15) is 107 Å². The molecule has 0 spiro atoms. The number of carbonyl (C=O) groups excluding carboxylic acids is 1. The van der Waals surface area contributed by atoms with E-state index >= 15 is 4.79 Å². The summed E-state index contributed by atoms with van der Waals surface area (Å²) in [6.45, 7) is 14.8. The molecule has 5 aliphatic carbocycles. The van der Waals surface area contributed by atoms with Gasteiger partial charge in [-0.05, 0) is 123 Å². The molecule has 45 unspecified atom stereocenters. The van der Waals surface area contributed by atoms with Crippen molar-refractivity contribution in [3.63, 3.8) is 0 Å². The fraction of sp³-hybridized carbons (Fsp3) is 0.960. The molecule has 8 saturated heterocycles. The number of allylic oxidation sites excluding steroid dienone is 2. The highest BCUT2D eigenvalue weighted by molar-refractivity contribution is 5.79. The summed E-state index contributed by atoms with van der Waals surface area (Å²) in [5.74, 6) is -0.706. The molecule has 0 amide bonds. The maximum Gasteiger partial charge on any atom is 0.315 e. The molecule has 0 aromatic heterocycles. The van der Waals surface area contributed by atoms with Crippen LogP contribution >= 0.6 is 0 Å². The van der Waals surface area contributed by atoms with Crippen molar-refractivity contribution >= 4 is 5.97 Å². The molecule has 0 aromatic carbocycles. The van der Waals surface area contributed by atoms with E-state index in [0.717, 1.165) is 12.8 Å². The van der Waals surface area contributed by atoms with Crippen LogP contribution in [0.15, 0.2) is 11.6 Å². The first-order valence-electron chi connectivity index (χ1n) is 39.8. The number of aliphatic hydroxyl groups is 21. The average Bonchev–Trinajstić information content (AvgIpc) is 0.674. The number of carbonyl (C=O) groups is 1. The summed E-state index contributed by atoms with van der Waals surface area (Å²) in [7, 11) is 0. The molecule has 4 saturated carbocycles. The van der Waals surface area contributed by atoms with Crippen LogP contribution in [0.2, 0.25) is 0 Å². The van der Waals surface area contributed by atoms with Crippen LogP contribution in [0.5, 0.6) is 0 Å². The number of fused-ring (bicyclic) bond motifs is 7. The van der Waals surface area contributed by atoms with Crippen molar-refractivity contribution < 1.29 is 188 Å². The second kappa shape index (κ2) is 33.9. The van der Waals surface area contributed by atoms with E-state index < -0.39 is 289 Å². The number of hydrogen-bond donors (Lipinski definition) is 21. The van der Waals surface area contributed by atoms with Gasteiger partial charge in [-0.3, -0.25) is 4.79 Å². The fourth-order valence-electron chi connectivity index (χ4n) is 21.3. The van der Waals surface area contributed by atoms with E-state index in [1.807, 2.05) is 0 Å². The lowest BCUT2D eigenvalue weighted by molar-refractivity contribution is -0.389. The molecule has 8 heterocycles. The fourth-order valence-corrected chi connectivity index (χ4v) is 21.3. The first-order chi connectivity index (χ1) is 53.1. The maximum atomic E-state index is 15.3. The molecule has 21 N–H and O–H groups in total. The Labute approximate surface area is 653 Å². The topological polar surface area (TPSA) is 590 Å².